The molecule has 216 valence electrons. The van der Waals surface area contributed by atoms with Gasteiger partial charge in [0.1, 0.15) is 12.8 Å². The van der Waals surface area contributed by atoms with E-state index in [2.05, 4.69) is 15.2 Å². The molecule has 2 aromatic rings. The van der Waals surface area contributed by atoms with Gasteiger partial charge in [0.05, 0.1) is 40.9 Å². The number of halogens is 5. The summed E-state index contributed by atoms with van der Waals surface area (Å²) in [7, 11) is 0. The molecule has 0 amide bonds. The number of aromatic nitrogens is 2. The Balaban J connectivity index is 1.37. The lowest BCUT2D eigenvalue weighted by molar-refractivity contribution is -0.140. The molecular formula is C28H32F5N5O2. The van der Waals surface area contributed by atoms with Gasteiger partial charge in [0.25, 0.3) is 0 Å². The third-order valence-corrected chi connectivity index (χ3v) is 8.61. The predicted octanol–water partition coefficient (Wildman–Crippen LogP) is 4.67. The van der Waals surface area contributed by atoms with Gasteiger partial charge in [0.15, 0.2) is 5.82 Å². The Labute approximate surface area is 228 Å². The number of nitrogen functional groups attached to an aromatic ring is 1. The van der Waals surface area contributed by atoms with Gasteiger partial charge in [-0.2, -0.15) is 23.1 Å². The maximum absolute atomic E-state index is 15.2. The number of alkyl halides is 4. The van der Waals surface area contributed by atoms with Crippen LogP contribution in [0.5, 0.6) is 6.01 Å². The SMILES string of the molecule is Cc1cc(N)c(F)c([C@@H]2Cc3nc(OC[C@@]45CCCN4C[C@H](F)C5)nc(C4=CCNCC4)c3CO2)c1C(F)(F)F. The minimum atomic E-state index is -4.80. The van der Waals surface area contributed by atoms with Crippen LogP contribution in [0.4, 0.5) is 27.6 Å². The molecule has 1 aromatic heterocycles. The van der Waals surface area contributed by atoms with Gasteiger partial charge in [-0.25, -0.2) is 8.78 Å². The molecule has 0 aliphatic carbocycles. The minimum absolute atomic E-state index is 0.0811. The van der Waals surface area contributed by atoms with Gasteiger partial charge >= 0.3 is 12.2 Å². The smallest absolute Gasteiger partial charge is 0.417 e. The van der Waals surface area contributed by atoms with E-state index < -0.39 is 40.9 Å². The molecule has 1 aromatic carbocycles. The number of nitrogens with two attached hydrogens (primary N) is 1. The second kappa shape index (κ2) is 10.2. The summed E-state index contributed by atoms with van der Waals surface area (Å²) >= 11 is 0. The molecule has 4 aliphatic heterocycles. The largest absolute Gasteiger partial charge is 0.461 e. The number of nitrogens with zero attached hydrogens (tertiary/aromatic N) is 3. The van der Waals surface area contributed by atoms with Crippen LogP contribution < -0.4 is 15.8 Å². The van der Waals surface area contributed by atoms with Crippen molar-refractivity contribution in [3.8, 4) is 6.01 Å². The van der Waals surface area contributed by atoms with Crippen molar-refractivity contribution in [2.75, 3.05) is 38.5 Å². The standard InChI is InChI=1S/C28H32F5N5O2/c1-15-9-19(34)24(30)22(23(15)28(31,32)33)21-10-20-18(13-39-21)25(16-3-6-35-7-4-16)37-26(36-20)40-14-27-5-2-8-38(27)12-17(29)11-27/h3,9,17,21,35H,2,4-8,10-14,34H2,1H3/t17-,21+,27+/m1/s1. The van der Waals surface area contributed by atoms with E-state index in [1.54, 1.807) is 0 Å². The fourth-order valence-corrected chi connectivity index (χ4v) is 6.77. The number of fused-ring (bicyclic) bond motifs is 2. The first kappa shape index (κ1) is 27.3. The van der Waals surface area contributed by atoms with Crippen molar-refractivity contribution in [2.24, 2.45) is 0 Å². The number of hydrogen-bond acceptors (Lipinski definition) is 7. The van der Waals surface area contributed by atoms with E-state index in [1.165, 1.54) is 6.92 Å². The van der Waals surface area contributed by atoms with Crippen molar-refractivity contribution < 1.29 is 31.4 Å². The van der Waals surface area contributed by atoms with E-state index in [-0.39, 0.29) is 36.9 Å². The topological polar surface area (TPSA) is 85.5 Å². The molecule has 6 rings (SSSR count). The number of rotatable bonds is 5. The van der Waals surface area contributed by atoms with Crippen LogP contribution in [0.1, 0.15) is 65.4 Å². The van der Waals surface area contributed by atoms with Crippen molar-refractivity contribution in [1.29, 1.82) is 0 Å². The molecule has 3 atom stereocenters. The van der Waals surface area contributed by atoms with Gasteiger partial charge in [-0.05, 0) is 56.5 Å². The van der Waals surface area contributed by atoms with E-state index >= 15 is 4.39 Å². The second-order valence-electron chi connectivity index (χ2n) is 11.2. The zero-order valence-electron chi connectivity index (χ0n) is 22.2. The molecule has 0 unspecified atom stereocenters. The maximum atomic E-state index is 15.2. The quantitative estimate of drug-likeness (QED) is 0.403. The van der Waals surface area contributed by atoms with Crippen molar-refractivity contribution in [1.82, 2.24) is 20.2 Å². The van der Waals surface area contributed by atoms with Crippen LogP contribution in [0.25, 0.3) is 5.57 Å². The van der Waals surface area contributed by atoms with Crippen molar-refractivity contribution in [3.63, 3.8) is 0 Å². The molecule has 2 saturated heterocycles. The van der Waals surface area contributed by atoms with Crippen LogP contribution in [0.2, 0.25) is 0 Å². The number of nitrogens with one attached hydrogen (secondary N) is 1. The predicted molar refractivity (Wildman–Crippen MR) is 138 cm³/mol. The average molecular weight is 566 g/mol. The molecule has 0 saturated carbocycles. The summed E-state index contributed by atoms with van der Waals surface area (Å²) in [6.45, 7) is 3.96. The molecule has 4 aliphatic rings. The molecule has 3 N–H and O–H groups in total. The highest BCUT2D eigenvalue weighted by Crippen LogP contribution is 2.45. The van der Waals surface area contributed by atoms with Crippen LogP contribution in [0.3, 0.4) is 0 Å². The summed E-state index contributed by atoms with van der Waals surface area (Å²) in [5.41, 5.74) is 5.76. The van der Waals surface area contributed by atoms with Crippen molar-refractivity contribution >= 4 is 11.3 Å². The van der Waals surface area contributed by atoms with Gasteiger partial charge in [-0.15, -0.1) is 0 Å². The Kier molecular flexibility index (Phi) is 6.99. The molecule has 5 heterocycles. The van der Waals surface area contributed by atoms with E-state index in [0.717, 1.165) is 37.6 Å². The number of ether oxygens (including phenoxy) is 2. The van der Waals surface area contributed by atoms with Crippen LogP contribution >= 0.6 is 0 Å². The van der Waals surface area contributed by atoms with Crippen LogP contribution in [0, 0.1) is 12.7 Å². The Hall–Kier alpha value is -2.83. The third kappa shape index (κ3) is 4.83. The van der Waals surface area contributed by atoms with Gasteiger partial charge in [-0.3, -0.25) is 4.90 Å². The fourth-order valence-electron chi connectivity index (χ4n) is 6.77. The van der Waals surface area contributed by atoms with E-state index in [4.69, 9.17) is 20.2 Å². The average Bonchev–Trinajstić information content (AvgIpc) is 3.44. The Morgan fingerprint density at radius 1 is 1.30 bits per heavy atom. The molecule has 40 heavy (non-hydrogen) atoms. The highest BCUT2D eigenvalue weighted by molar-refractivity contribution is 5.67. The van der Waals surface area contributed by atoms with Gasteiger partial charge in [-0.1, -0.05) is 6.08 Å². The summed E-state index contributed by atoms with van der Waals surface area (Å²) in [4.78, 5) is 11.4. The summed E-state index contributed by atoms with van der Waals surface area (Å²) in [5.74, 6) is -1.14. The molecular weight excluding hydrogens is 533 g/mol. The van der Waals surface area contributed by atoms with Crippen LogP contribution in [0.15, 0.2) is 12.1 Å². The maximum Gasteiger partial charge on any atom is 0.417 e. The molecule has 0 radical (unpaired) electrons. The first-order valence-electron chi connectivity index (χ1n) is 13.6. The molecule has 2 fully saturated rings. The lowest BCUT2D eigenvalue weighted by atomic mass is 9.90. The molecule has 12 heteroatoms. The molecule has 7 nitrogen and oxygen atoms in total. The lowest BCUT2D eigenvalue weighted by Crippen LogP contribution is -2.43. The first-order chi connectivity index (χ1) is 19.1. The fraction of sp³-hybridized carbons (Fsp3) is 0.571. The van der Waals surface area contributed by atoms with Gasteiger partial charge < -0.3 is 20.5 Å². The zero-order valence-corrected chi connectivity index (χ0v) is 22.2. The second-order valence-corrected chi connectivity index (χ2v) is 11.2. The zero-order chi connectivity index (χ0) is 28.2. The molecule has 0 bridgehead atoms. The minimum Gasteiger partial charge on any atom is -0.461 e. The van der Waals surface area contributed by atoms with Crippen molar-refractivity contribution in [3.05, 3.63) is 51.6 Å². The number of benzene rings is 1. The van der Waals surface area contributed by atoms with E-state index in [9.17, 15) is 17.6 Å². The summed E-state index contributed by atoms with van der Waals surface area (Å²) in [6.07, 6.45) is -2.24. The highest BCUT2D eigenvalue weighted by atomic mass is 19.4. The van der Waals surface area contributed by atoms with E-state index in [1.807, 2.05) is 6.08 Å². The Morgan fingerprint density at radius 2 is 2.12 bits per heavy atom. The third-order valence-electron chi connectivity index (χ3n) is 8.61. The first-order valence-corrected chi connectivity index (χ1v) is 13.6. The highest BCUT2D eigenvalue weighted by Gasteiger charge is 2.49. The summed E-state index contributed by atoms with van der Waals surface area (Å²) < 4.78 is 83.7. The summed E-state index contributed by atoms with van der Waals surface area (Å²) in [5, 5.41) is 3.25. The Morgan fingerprint density at radius 3 is 2.88 bits per heavy atom. The summed E-state index contributed by atoms with van der Waals surface area (Å²) in [6, 6.07) is 1.07. The van der Waals surface area contributed by atoms with Crippen LogP contribution in [-0.4, -0.2) is 59.4 Å². The van der Waals surface area contributed by atoms with Gasteiger partial charge in [0, 0.05) is 37.1 Å². The number of hydrogen-bond donors (Lipinski definition) is 2. The normalized spacial score (nSPS) is 26.9. The monoisotopic (exact) mass is 565 g/mol. The molecule has 0 spiro atoms. The van der Waals surface area contributed by atoms with Crippen molar-refractivity contribution in [2.45, 2.75) is 69.6 Å². The number of anilines is 1. The van der Waals surface area contributed by atoms with E-state index in [0.29, 0.717) is 42.9 Å². The Bertz CT molecular complexity index is 1350. The van der Waals surface area contributed by atoms with Gasteiger partial charge in [0.2, 0.25) is 0 Å². The number of aryl methyl sites for hydroxylation is 1. The lowest BCUT2D eigenvalue weighted by Gasteiger charge is -2.32. The van der Waals surface area contributed by atoms with Crippen LogP contribution in [-0.2, 0) is 23.9 Å².